The van der Waals surface area contributed by atoms with Crippen LogP contribution in [-0.2, 0) is 19.6 Å². The largest absolute Gasteiger partial charge is 0.368 e. The van der Waals surface area contributed by atoms with Gasteiger partial charge in [0.2, 0.25) is 10.0 Å². The number of carbonyl (C=O) groups excluding carboxylic acids is 1. The monoisotopic (exact) mass is 440 g/mol. The second kappa shape index (κ2) is 9.27. The van der Waals surface area contributed by atoms with Crippen molar-refractivity contribution in [1.29, 1.82) is 0 Å². The van der Waals surface area contributed by atoms with Crippen LogP contribution < -0.4 is 4.90 Å². The lowest BCUT2D eigenvalue weighted by Gasteiger charge is -2.36. The van der Waals surface area contributed by atoms with E-state index in [1.54, 1.807) is 18.7 Å². The van der Waals surface area contributed by atoms with Crippen LogP contribution in [0.3, 0.4) is 0 Å². The van der Waals surface area contributed by atoms with Gasteiger partial charge in [-0.1, -0.05) is 13.8 Å². The Bertz CT molecular complexity index is 888. The van der Waals surface area contributed by atoms with Gasteiger partial charge < -0.3 is 14.5 Å². The quantitative estimate of drug-likeness (QED) is 0.466. The van der Waals surface area contributed by atoms with Crippen LogP contribution in [0.4, 0.5) is 11.4 Å². The van der Waals surface area contributed by atoms with Crippen LogP contribution in [0, 0.1) is 10.1 Å². The zero-order valence-corrected chi connectivity index (χ0v) is 18.1. The number of ether oxygens (including phenoxy) is 1. The highest BCUT2D eigenvalue weighted by Gasteiger charge is 2.32. The number of amides is 1. The highest BCUT2D eigenvalue weighted by Crippen LogP contribution is 2.32. The minimum atomic E-state index is -3.79. The van der Waals surface area contributed by atoms with Crippen molar-refractivity contribution in [2.45, 2.75) is 37.7 Å². The lowest BCUT2D eigenvalue weighted by molar-refractivity contribution is -0.384. The molecule has 0 bridgehead atoms. The van der Waals surface area contributed by atoms with E-state index in [0.717, 1.165) is 18.9 Å². The average molecular weight is 441 g/mol. The number of hydrogen-bond acceptors (Lipinski definition) is 7. The number of benzene rings is 1. The van der Waals surface area contributed by atoms with Gasteiger partial charge in [-0.25, -0.2) is 8.42 Å². The predicted molar refractivity (Wildman–Crippen MR) is 111 cm³/mol. The number of piperazine rings is 1. The van der Waals surface area contributed by atoms with Crippen molar-refractivity contribution in [3.8, 4) is 0 Å². The molecule has 2 heterocycles. The maximum Gasteiger partial charge on any atom is 0.293 e. The zero-order chi connectivity index (χ0) is 21.9. The van der Waals surface area contributed by atoms with Crippen molar-refractivity contribution in [1.82, 2.24) is 9.21 Å². The molecule has 1 aromatic rings. The molecule has 2 fully saturated rings. The molecular formula is C19H28N4O6S. The van der Waals surface area contributed by atoms with E-state index in [1.165, 1.54) is 16.4 Å². The van der Waals surface area contributed by atoms with Crippen molar-refractivity contribution >= 4 is 27.3 Å². The number of anilines is 1. The maximum atomic E-state index is 12.7. The molecule has 2 aliphatic heterocycles. The summed E-state index contributed by atoms with van der Waals surface area (Å²) in [6.45, 7) is 6.37. The van der Waals surface area contributed by atoms with E-state index in [0.29, 0.717) is 38.5 Å². The zero-order valence-electron chi connectivity index (χ0n) is 17.3. The minimum Gasteiger partial charge on any atom is -0.368 e. The van der Waals surface area contributed by atoms with Crippen LogP contribution in [0.2, 0.25) is 0 Å². The molecule has 10 nitrogen and oxygen atoms in total. The van der Waals surface area contributed by atoms with Crippen LogP contribution in [0.25, 0.3) is 0 Å². The molecule has 0 spiro atoms. The Labute approximate surface area is 176 Å². The molecule has 1 amide bonds. The highest BCUT2D eigenvalue weighted by atomic mass is 32.2. The van der Waals surface area contributed by atoms with Gasteiger partial charge in [0, 0.05) is 51.9 Å². The number of sulfonamides is 1. The first kappa shape index (κ1) is 22.4. The Kier molecular flexibility index (Phi) is 6.94. The van der Waals surface area contributed by atoms with E-state index in [2.05, 4.69) is 0 Å². The van der Waals surface area contributed by atoms with Crippen LogP contribution in [0.5, 0.6) is 0 Å². The lowest BCUT2D eigenvalue weighted by atomic mass is 10.2. The molecule has 0 radical (unpaired) electrons. The van der Waals surface area contributed by atoms with Gasteiger partial charge in [0.25, 0.3) is 11.6 Å². The summed E-state index contributed by atoms with van der Waals surface area (Å²) in [5.41, 5.74) is 0.116. The third kappa shape index (κ3) is 4.42. The van der Waals surface area contributed by atoms with Gasteiger partial charge in [0.1, 0.15) is 11.8 Å². The number of carbonyl (C=O) groups is 1. The first-order valence-electron chi connectivity index (χ1n) is 10.2. The molecule has 3 rings (SSSR count). The fraction of sp³-hybridized carbons (Fsp3) is 0.632. The molecule has 30 heavy (non-hydrogen) atoms. The Morgan fingerprint density at radius 3 is 2.43 bits per heavy atom. The Morgan fingerprint density at radius 1 is 1.23 bits per heavy atom. The Morgan fingerprint density at radius 2 is 1.90 bits per heavy atom. The van der Waals surface area contributed by atoms with Crippen molar-refractivity contribution < 1.29 is 22.9 Å². The summed E-state index contributed by atoms with van der Waals surface area (Å²) < 4.78 is 32.2. The van der Waals surface area contributed by atoms with Crippen molar-refractivity contribution in [3.63, 3.8) is 0 Å². The van der Waals surface area contributed by atoms with Crippen LogP contribution in [0.1, 0.15) is 26.7 Å². The maximum absolute atomic E-state index is 12.7. The standard InChI is InChI=1S/C19H28N4O6S/c1-3-22(4-2)30(27,28)15-7-8-16(17(14-15)23(25)26)20-9-11-21(12-10-20)19(24)18-6-5-13-29-18/h7-8,14,18H,3-6,9-13H2,1-2H3. The van der Waals surface area contributed by atoms with Crippen molar-refractivity contribution in [3.05, 3.63) is 28.3 Å². The first-order valence-corrected chi connectivity index (χ1v) is 11.7. The topological polar surface area (TPSA) is 113 Å². The van der Waals surface area contributed by atoms with Crippen LogP contribution in [0.15, 0.2) is 23.1 Å². The van der Waals surface area contributed by atoms with Gasteiger partial charge in [0.15, 0.2) is 0 Å². The van der Waals surface area contributed by atoms with E-state index < -0.39 is 14.9 Å². The van der Waals surface area contributed by atoms with Gasteiger partial charge in [0.05, 0.1) is 9.82 Å². The summed E-state index contributed by atoms with van der Waals surface area (Å²) >= 11 is 0. The fourth-order valence-electron chi connectivity index (χ4n) is 3.93. The second-order valence-electron chi connectivity index (χ2n) is 7.31. The average Bonchev–Trinajstić information content (AvgIpc) is 3.28. The number of hydrogen-bond donors (Lipinski definition) is 0. The van der Waals surface area contributed by atoms with E-state index in [9.17, 15) is 23.3 Å². The van der Waals surface area contributed by atoms with E-state index in [1.807, 2.05) is 4.90 Å². The third-order valence-electron chi connectivity index (χ3n) is 5.62. The summed E-state index contributed by atoms with van der Waals surface area (Å²) in [5, 5.41) is 11.7. The van der Waals surface area contributed by atoms with Gasteiger partial charge in [-0.2, -0.15) is 4.31 Å². The van der Waals surface area contributed by atoms with E-state index >= 15 is 0 Å². The molecule has 0 aliphatic carbocycles. The van der Waals surface area contributed by atoms with Gasteiger partial charge in [-0.05, 0) is 25.0 Å². The number of nitro groups is 1. The molecule has 1 atom stereocenters. The summed E-state index contributed by atoms with van der Waals surface area (Å²) in [5.74, 6) is -0.0256. The molecule has 2 saturated heterocycles. The van der Waals surface area contributed by atoms with Crippen LogP contribution in [-0.4, -0.2) is 80.4 Å². The molecule has 166 valence electrons. The van der Waals surface area contributed by atoms with Crippen LogP contribution >= 0.6 is 0 Å². The first-order chi connectivity index (χ1) is 14.3. The second-order valence-corrected chi connectivity index (χ2v) is 9.25. The molecule has 0 N–H and O–H groups in total. The normalized spacial score (nSPS) is 20.0. The van der Waals surface area contributed by atoms with Gasteiger partial charge in [-0.3, -0.25) is 14.9 Å². The number of rotatable bonds is 7. The lowest BCUT2D eigenvalue weighted by Crippen LogP contribution is -2.51. The smallest absolute Gasteiger partial charge is 0.293 e. The summed E-state index contributed by atoms with van der Waals surface area (Å²) in [7, 11) is -3.79. The summed E-state index contributed by atoms with van der Waals surface area (Å²) in [6.07, 6.45) is 1.23. The number of nitro benzene ring substituents is 1. The Hall–Kier alpha value is -2.24. The Balaban J connectivity index is 1.78. The van der Waals surface area contributed by atoms with Crippen molar-refractivity contribution in [2.75, 3.05) is 50.8 Å². The summed E-state index contributed by atoms with van der Waals surface area (Å²) in [6, 6.07) is 4.04. The SMILES string of the molecule is CCN(CC)S(=O)(=O)c1ccc(N2CCN(C(=O)C3CCCO3)CC2)c([N+](=O)[O-])c1. The van der Waals surface area contributed by atoms with Crippen molar-refractivity contribution in [2.24, 2.45) is 0 Å². The molecule has 2 aliphatic rings. The summed E-state index contributed by atoms with van der Waals surface area (Å²) in [4.78, 5) is 27.1. The fourth-order valence-corrected chi connectivity index (χ4v) is 5.41. The number of nitrogens with zero attached hydrogens (tertiary/aromatic N) is 4. The molecular weight excluding hydrogens is 412 g/mol. The molecule has 1 aromatic carbocycles. The van der Waals surface area contributed by atoms with E-state index in [4.69, 9.17) is 4.74 Å². The third-order valence-corrected chi connectivity index (χ3v) is 7.67. The minimum absolute atomic E-state index is 0.0256. The highest BCUT2D eigenvalue weighted by molar-refractivity contribution is 7.89. The van der Waals surface area contributed by atoms with E-state index in [-0.39, 0.29) is 35.7 Å². The molecule has 11 heteroatoms. The molecule has 0 saturated carbocycles. The predicted octanol–water partition coefficient (Wildman–Crippen LogP) is 1.45. The van der Waals surface area contributed by atoms with Gasteiger partial charge >= 0.3 is 0 Å². The molecule has 0 aromatic heterocycles. The molecule has 1 unspecified atom stereocenters. The van der Waals surface area contributed by atoms with Gasteiger partial charge in [-0.15, -0.1) is 0 Å².